The SMILES string of the molecule is [CH2]CCC/C=C\C/C=C\C/C=C\C/C=C\C/C=C\CC. The zero-order valence-electron chi connectivity index (χ0n) is 13.1. The summed E-state index contributed by atoms with van der Waals surface area (Å²) < 4.78 is 0. The molecular formula is C20H31. The van der Waals surface area contributed by atoms with E-state index in [4.69, 9.17) is 0 Å². The highest BCUT2D eigenvalue weighted by Crippen LogP contribution is 1.98. The fourth-order valence-electron chi connectivity index (χ4n) is 1.63. The molecule has 0 saturated heterocycles. The second-order valence-electron chi connectivity index (χ2n) is 4.70. The zero-order valence-corrected chi connectivity index (χ0v) is 13.1. The number of allylic oxidation sites excluding steroid dienone is 10. The molecule has 0 atom stereocenters. The molecule has 0 fully saturated rings. The molecule has 111 valence electrons. The smallest absolute Gasteiger partial charge is 0.0169 e. The van der Waals surface area contributed by atoms with Gasteiger partial charge >= 0.3 is 0 Å². The Balaban J connectivity index is 3.42. The van der Waals surface area contributed by atoms with E-state index in [1.54, 1.807) is 0 Å². The lowest BCUT2D eigenvalue weighted by atomic mass is 10.2. The fourth-order valence-corrected chi connectivity index (χ4v) is 1.63. The van der Waals surface area contributed by atoms with E-state index in [0.29, 0.717) is 0 Å². The van der Waals surface area contributed by atoms with Crippen molar-refractivity contribution in [1.29, 1.82) is 0 Å². The summed E-state index contributed by atoms with van der Waals surface area (Å²) in [5, 5.41) is 0. The molecule has 0 rings (SSSR count). The second kappa shape index (κ2) is 17.7. The van der Waals surface area contributed by atoms with E-state index in [2.05, 4.69) is 74.6 Å². The summed E-state index contributed by atoms with van der Waals surface area (Å²) >= 11 is 0. The maximum Gasteiger partial charge on any atom is -0.0169 e. The topological polar surface area (TPSA) is 0 Å². The summed E-state index contributed by atoms with van der Waals surface area (Å²) in [5.74, 6) is 0. The number of hydrogen-bond donors (Lipinski definition) is 0. The van der Waals surface area contributed by atoms with Gasteiger partial charge < -0.3 is 0 Å². The molecule has 0 spiro atoms. The summed E-state index contributed by atoms with van der Waals surface area (Å²) in [6, 6.07) is 0. The largest absolute Gasteiger partial charge is 0.0885 e. The van der Waals surface area contributed by atoms with E-state index in [1.165, 1.54) is 6.42 Å². The van der Waals surface area contributed by atoms with Crippen LogP contribution in [0.2, 0.25) is 0 Å². The molecule has 0 aromatic rings. The Kier molecular flexibility index (Phi) is 16.5. The standard InChI is InChI=1S/C20H31/c1-3-5-7-9-11-13-15-17-19-20-18-16-14-12-10-8-6-4-2/h6,8-9,11-12,14-15,17-18,20H,1,3-5,7,10,13,16,19H2,2H3/b8-6-,11-9-,14-12-,17-15-,20-18-. The number of rotatable bonds is 12. The van der Waals surface area contributed by atoms with Crippen LogP contribution in [0.15, 0.2) is 60.8 Å². The van der Waals surface area contributed by atoms with E-state index >= 15 is 0 Å². The van der Waals surface area contributed by atoms with Gasteiger partial charge in [-0.3, -0.25) is 0 Å². The number of hydrogen-bond acceptors (Lipinski definition) is 0. The monoisotopic (exact) mass is 271 g/mol. The first-order valence-electron chi connectivity index (χ1n) is 7.96. The van der Waals surface area contributed by atoms with Crippen molar-refractivity contribution >= 4 is 0 Å². The van der Waals surface area contributed by atoms with Crippen LogP contribution in [0.4, 0.5) is 0 Å². The van der Waals surface area contributed by atoms with E-state index in [-0.39, 0.29) is 0 Å². The van der Waals surface area contributed by atoms with E-state index in [1.807, 2.05) is 0 Å². The summed E-state index contributed by atoms with van der Waals surface area (Å²) in [7, 11) is 0. The first-order chi connectivity index (χ1) is 9.91. The molecular weight excluding hydrogens is 240 g/mol. The third kappa shape index (κ3) is 16.7. The Hall–Kier alpha value is -1.30. The van der Waals surface area contributed by atoms with Gasteiger partial charge in [-0.2, -0.15) is 0 Å². The highest BCUT2D eigenvalue weighted by atomic mass is 13.8. The van der Waals surface area contributed by atoms with Crippen molar-refractivity contribution < 1.29 is 0 Å². The normalized spacial score (nSPS) is 13.1. The zero-order chi connectivity index (χ0) is 14.7. The van der Waals surface area contributed by atoms with Crippen molar-refractivity contribution in [3.63, 3.8) is 0 Å². The molecule has 0 unspecified atom stereocenters. The maximum absolute atomic E-state index is 3.83. The quantitative estimate of drug-likeness (QED) is 0.272. The molecule has 1 radical (unpaired) electrons. The average molecular weight is 271 g/mol. The number of unbranched alkanes of at least 4 members (excludes halogenated alkanes) is 2. The lowest BCUT2D eigenvalue weighted by molar-refractivity contribution is 0.864. The van der Waals surface area contributed by atoms with Gasteiger partial charge in [-0.25, -0.2) is 0 Å². The minimum Gasteiger partial charge on any atom is -0.0885 e. The van der Waals surface area contributed by atoms with Crippen molar-refractivity contribution in [1.82, 2.24) is 0 Å². The molecule has 0 aliphatic rings. The van der Waals surface area contributed by atoms with Crippen LogP contribution in [0.1, 0.15) is 58.3 Å². The molecule has 0 amide bonds. The molecule has 0 saturated carbocycles. The van der Waals surface area contributed by atoms with Gasteiger partial charge in [0.15, 0.2) is 0 Å². The molecule has 0 heteroatoms. The first kappa shape index (κ1) is 18.7. The van der Waals surface area contributed by atoms with Crippen LogP contribution < -0.4 is 0 Å². The summed E-state index contributed by atoms with van der Waals surface area (Å²) in [5.41, 5.74) is 0. The van der Waals surface area contributed by atoms with Crippen LogP contribution in [-0.4, -0.2) is 0 Å². The Morgan fingerprint density at radius 1 is 0.600 bits per heavy atom. The summed E-state index contributed by atoms with van der Waals surface area (Å²) in [4.78, 5) is 0. The maximum atomic E-state index is 3.83. The van der Waals surface area contributed by atoms with Gasteiger partial charge in [0.05, 0.1) is 0 Å². The molecule has 0 aromatic carbocycles. The van der Waals surface area contributed by atoms with Gasteiger partial charge in [-0.15, -0.1) is 0 Å². The van der Waals surface area contributed by atoms with E-state index < -0.39 is 0 Å². The highest BCUT2D eigenvalue weighted by Gasteiger charge is 1.77. The highest BCUT2D eigenvalue weighted by molar-refractivity contribution is 5.00. The Morgan fingerprint density at radius 2 is 1.00 bits per heavy atom. The van der Waals surface area contributed by atoms with Crippen LogP contribution in [-0.2, 0) is 0 Å². The van der Waals surface area contributed by atoms with Crippen LogP contribution in [0, 0.1) is 6.92 Å². The Labute approximate surface area is 126 Å². The van der Waals surface area contributed by atoms with Crippen LogP contribution in [0.3, 0.4) is 0 Å². The second-order valence-corrected chi connectivity index (χ2v) is 4.70. The van der Waals surface area contributed by atoms with Gasteiger partial charge in [-0.1, -0.05) is 81.0 Å². The van der Waals surface area contributed by atoms with Crippen molar-refractivity contribution in [2.75, 3.05) is 0 Å². The van der Waals surface area contributed by atoms with Crippen LogP contribution in [0.5, 0.6) is 0 Å². The van der Waals surface area contributed by atoms with Crippen molar-refractivity contribution in [3.8, 4) is 0 Å². The van der Waals surface area contributed by atoms with Gasteiger partial charge in [0.25, 0.3) is 0 Å². The first-order valence-corrected chi connectivity index (χ1v) is 7.96. The van der Waals surface area contributed by atoms with Gasteiger partial charge in [-0.05, 0) is 44.9 Å². The fraction of sp³-hybridized carbons (Fsp3) is 0.450. The summed E-state index contributed by atoms with van der Waals surface area (Å²) in [6.45, 7) is 5.99. The third-order valence-corrected chi connectivity index (χ3v) is 2.78. The third-order valence-electron chi connectivity index (χ3n) is 2.78. The summed E-state index contributed by atoms with van der Waals surface area (Å²) in [6.07, 6.45) is 31.0. The molecule has 0 aliphatic carbocycles. The van der Waals surface area contributed by atoms with Gasteiger partial charge in [0, 0.05) is 0 Å². The minimum atomic E-state index is 1.04. The van der Waals surface area contributed by atoms with Gasteiger partial charge in [0.2, 0.25) is 0 Å². The van der Waals surface area contributed by atoms with Crippen LogP contribution in [0.25, 0.3) is 0 Å². The lowest BCUT2D eigenvalue weighted by Gasteiger charge is -1.87. The predicted octanol–water partition coefficient (Wildman–Crippen LogP) is 6.74. The Morgan fingerprint density at radius 3 is 1.40 bits per heavy atom. The van der Waals surface area contributed by atoms with Crippen LogP contribution >= 0.6 is 0 Å². The van der Waals surface area contributed by atoms with E-state index in [9.17, 15) is 0 Å². The minimum absolute atomic E-state index is 1.04. The average Bonchev–Trinajstić information content (AvgIpc) is 2.47. The predicted molar refractivity (Wildman–Crippen MR) is 93.7 cm³/mol. The molecule has 0 aromatic heterocycles. The van der Waals surface area contributed by atoms with E-state index in [0.717, 1.165) is 44.9 Å². The van der Waals surface area contributed by atoms with Gasteiger partial charge in [0.1, 0.15) is 0 Å². The molecule has 0 aliphatic heterocycles. The molecule has 20 heavy (non-hydrogen) atoms. The molecule has 0 nitrogen and oxygen atoms in total. The molecule has 0 N–H and O–H groups in total. The lowest BCUT2D eigenvalue weighted by Crippen LogP contribution is -1.67. The molecule has 0 bridgehead atoms. The Bertz CT molecular complexity index is 313. The van der Waals surface area contributed by atoms with Crippen molar-refractivity contribution in [3.05, 3.63) is 67.7 Å². The van der Waals surface area contributed by atoms with Crippen molar-refractivity contribution in [2.45, 2.75) is 58.3 Å². The van der Waals surface area contributed by atoms with Crippen molar-refractivity contribution in [2.24, 2.45) is 0 Å². The molecule has 0 heterocycles.